The van der Waals surface area contributed by atoms with E-state index in [1.807, 2.05) is 20.8 Å². The normalized spacial score (nSPS) is 15.6. The lowest BCUT2D eigenvalue weighted by Gasteiger charge is -2.20. The van der Waals surface area contributed by atoms with E-state index in [1.54, 1.807) is 0 Å². The predicted octanol–water partition coefficient (Wildman–Crippen LogP) is 0.204. The van der Waals surface area contributed by atoms with E-state index in [9.17, 15) is 14.4 Å². The number of hydroxylamine groups is 1. The molecule has 0 atom stereocenters. The van der Waals surface area contributed by atoms with Crippen LogP contribution in [0.4, 0.5) is 0 Å². The maximum absolute atomic E-state index is 11.6. The van der Waals surface area contributed by atoms with Gasteiger partial charge in [0.2, 0.25) is 17.7 Å². The smallest absolute Gasteiger partial charge is 0.248 e. The van der Waals surface area contributed by atoms with Crippen molar-refractivity contribution in [1.82, 2.24) is 15.9 Å². The first-order valence-electron chi connectivity index (χ1n) is 5.81. The molecular weight excluding hydrogens is 270 g/mol. The van der Waals surface area contributed by atoms with E-state index in [4.69, 9.17) is 17.1 Å². The van der Waals surface area contributed by atoms with Crippen LogP contribution in [0.3, 0.4) is 0 Å². The first-order valence-corrected chi connectivity index (χ1v) is 6.22. The van der Waals surface area contributed by atoms with E-state index in [-0.39, 0.29) is 24.3 Å². The number of hydrogen-bond acceptors (Lipinski definition) is 5. The van der Waals surface area contributed by atoms with Gasteiger partial charge < -0.3 is 0 Å². The van der Waals surface area contributed by atoms with Gasteiger partial charge >= 0.3 is 0 Å². The molecular formula is C11H17N3O4S. The molecule has 0 aromatic heterocycles. The molecule has 0 saturated carbocycles. The predicted molar refractivity (Wildman–Crippen MR) is 70.4 cm³/mol. The van der Waals surface area contributed by atoms with Gasteiger partial charge in [0, 0.05) is 12.8 Å². The molecule has 1 aliphatic heterocycles. The molecule has 0 aliphatic carbocycles. The highest BCUT2D eigenvalue weighted by Crippen LogP contribution is 2.08. The summed E-state index contributed by atoms with van der Waals surface area (Å²) in [5.41, 5.74) is 4.26. The Morgan fingerprint density at radius 1 is 1.32 bits per heavy atom. The van der Waals surface area contributed by atoms with Crippen LogP contribution in [-0.2, 0) is 19.2 Å². The van der Waals surface area contributed by atoms with Gasteiger partial charge in [0.1, 0.15) is 4.99 Å². The molecule has 0 unspecified atom stereocenters. The van der Waals surface area contributed by atoms with Crippen LogP contribution < -0.4 is 10.9 Å². The monoisotopic (exact) mass is 287 g/mol. The number of rotatable bonds is 4. The molecule has 1 rings (SSSR count). The van der Waals surface area contributed by atoms with Gasteiger partial charge in [0.15, 0.2) is 0 Å². The van der Waals surface area contributed by atoms with Crippen molar-refractivity contribution in [3.63, 3.8) is 0 Å². The summed E-state index contributed by atoms with van der Waals surface area (Å²) in [4.78, 5) is 39.5. The van der Waals surface area contributed by atoms with E-state index in [0.717, 1.165) is 5.01 Å². The molecule has 1 fully saturated rings. The van der Waals surface area contributed by atoms with Crippen molar-refractivity contribution < 1.29 is 19.2 Å². The molecule has 0 radical (unpaired) electrons. The zero-order valence-corrected chi connectivity index (χ0v) is 11.9. The Morgan fingerprint density at radius 3 is 2.32 bits per heavy atom. The third kappa shape index (κ3) is 5.31. The molecule has 7 nitrogen and oxygen atoms in total. The summed E-state index contributed by atoms with van der Waals surface area (Å²) in [6.07, 6.45) is 0.0758. The number of imide groups is 1. The first-order chi connectivity index (χ1) is 8.69. The zero-order valence-electron chi connectivity index (χ0n) is 11.1. The number of nitrogens with one attached hydrogen (secondary N) is 2. The summed E-state index contributed by atoms with van der Waals surface area (Å²) in [5, 5.41) is 0.732. The second-order valence-corrected chi connectivity index (χ2v) is 5.57. The fourth-order valence-electron chi connectivity index (χ4n) is 1.26. The van der Waals surface area contributed by atoms with Crippen LogP contribution in [0.1, 0.15) is 40.0 Å². The molecule has 2 N–H and O–H groups in total. The molecule has 106 valence electrons. The zero-order chi connectivity index (χ0) is 14.6. The summed E-state index contributed by atoms with van der Waals surface area (Å²) in [6.45, 7) is 5.47. The van der Waals surface area contributed by atoms with Gasteiger partial charge in [-0.25, -0.2) is 0 Å². The Labute approximate surface area is 116 Å². The molecule has 1 saturated heterocycles. The van der Waals surface area contributed by atoms with E-state index < -0.39 is 23.3 Å². The number of nitrogens with zero attached hydrogens (tertiary/aromatic N) is 1. The number of hydrogen-bond donors (Lipinski definition) is 2. The van der Waals surface area contributed by atoms with Gasteiger partial charge in [0.25, 0.3) is 0 Å². The van der Waals surface area contributed by atoms with Crippen LogP contribution in [0.15, 0.2) is 0 Å². The van der Waals surface area contributed by atoms with Crippen molar-refractivity contribution in [2.24, 2.45) is 0 Å². The van der Waals surface area contributed by atoms with Gasteiger partial charge in [-0.3, -0.25) is 30.1 Å². The highest BCUT2D eigenvalue weighted by Gasteiger charge is 2.30. The fraction of sp³-hybridized carbons (Fsp3) is 0.636. The highest BCUT2D eigenvalue weighted by molar-refractivity contribution is 7.80. The molecule has 0 aromatic carbocycles. The molecule has 0 bridgehead atoms. The minimum absolute atomic E-state index is 0.120. The second-order valence-electron chi connectivity index (χ2n) is 5.07. The largest absolute Gasteiger partial charge is 0.273 e. The Morgan fingerprint density at radius 2 is 1.84 bits per heavy atom. The van der Waals surface area contributed by atoms with Crippen molar-refractivity contribution in [2.45, 2.75) is 45.6 Å². The Balaban J connectivity index is 2.37. The summed E-state index contributed by atoms with van der Waals surface area (Å²) in [6, 6.07) is 0. The van der Waals surface area contributed by atoms with Crippen LogP contribution in [0.2, 0.25) is 0 Å². The third-order valence-electron chi connectivity index (χ3n) is 2.08. The van der Waals surface area contributed by atoms with Gasteiger partial charge in [-0.05, 0) is 20.8 Å². The first kappa shape index (κ1) is 15.5. The third-order valence-corrected chi connectivity index (χ3v) is 2.31. The lowest BCUT2D eigenvalue weighted by Crippen LogP contribution is -2.46. The number of carbonyl (C=O) groups excluding carboxylic acids is 3. The molecule has 0 spiro atoms. The molecule has 1 aliphatic rings. The molecule has 3 amide bonds. The van der Waals surface area contributed by atoms with Gasteiger partial charge in [-0.15, -0.1) is 0 Å². The molecule has 0 aromatic rings. The molecule has 1 heterocycles. The van der Waals surface area contributed by atoms with Crippen molar-refractivity contribution in [3.05, 3.63) is 0 Å². The van der Waals surface area contributed by atoms with E-state index in [2.05, 4.69) is 10.9 Å². The lowest BCUT2D eigenvalue weighted by molar-refractivity contribution is -0.147. The number of hydrazine groups is 1. The maximum Gasteiger partial charge on any atom is 0.248 e. The Hall–Kier alpha value is -1.54. The molecule has 19 heavy (non-hydrogen) atoms. The number of amides is 3. The topological polar surface area (TPSA) is 87.7 Å². The second kappa shape index (κ2) is 6.07. The highest BCUT2D eigenvalue weighted by atomic mass is 32.1. The van der Waals surface area contributed by atoms with Crippen LogP contribution in [0.5, 0.6) is 0 Å². The molecule has 8 heteroatoms. The standard InChI is InChI=1S/C11H17N3O4S/c1-11(2,3)18-13-8(19)6-7(15)12-14-9(16)4-5-10(14)17/h4-6H2,1-3H3,(H,12,15)(H,13,19). The average molecular weight is 287 g/mol. The van der Waals surface area contributed by atoms with Crippen molar-refractivity contribution in [2.75, 3.05) is 0 Å². The Kier molecular flexibility index (Phi) is 4.96. The van der Waals surface area contributed by atoms with Gasteiger partial charge in [-0.2, -0.15) is 5.01 Å². The van der Waals surface area contributed by atoms with Crippen molar-refractivity contribution >= 4 is 34.9 Å². The minimum atomic E-state index is -0.543. The van der Waals surface area contributed by atoms with Crippen molar-refractivity contribution in [1.29, 1.82) is 0 Å². The van der Waals surface area contributed by atoms with Crippen LogP contribution in [0, 0.1) is 0 Å². The van der Waals surface area contributed by atoms with Crippen LogP contribution in [0.25, 0.3) is 0 Å². The average Bonchev–Trinajstić information content (AvgIpc) is 2.57. The SMILES string of the molecule is CC(C)(C)ONC(=S)CC(=O)NN1C(=O)CCC1=O. The fourth-order valence-corrected chi connectivity index (χ4v) is 1.43. The minimum Gasteiger partial charge on any atom is -0.273 e. The van der Waals surface area contributed by atoms with E-state index >= 15 is 0 Å². The van der Waals surface area contributed by atoms with Crippen molar-refractivity contribution in [3.8, 4) is 0 Å². The summed E-state index contributed by atoms with van der Waals surface area (Å²) >= 11 is 4.91. The van der Waals surface area contributed by atoms with E-state index in [0.29, 0.717) is 0 Å². The Bertz CT molecular complexity index is 401. The quantitative estimate of drug-likeness (QED) is 0.436. The van der Waals surface area contributed by atoms with Gasteiger partial charge in [0.05, 0.1) is 12.0 Å². The summed E-state index contributed by atoms with van der Waals surface area (Å²) < 4.78 is 0. The number of thiocarbonyl (C=S) groups is 1. The van der Waals surface area contributed by atoms with E-state index in [1.165, 1.54) is 0 Å². The summed E-state index contributed by atoms with van der Waals surface area (Å²) in [5.74, 6) is -1.37. The maximum atomic E-state index is 11.6. The van der Waals surface area contributed by atoms with Gasteiger partial charge in [-0.1, -0.05) is 12.2 Å². The van der Waals surface area contributed by atoms with Crippen LogP contribution in [-0.4, -0.2) is 33.3 Å². The summed E-state index contributed by atoms with van der Waals surface area (Å²) in [7, 11) is 0. The lowest BCUT2D eigenvalue weighted by atomic mass is 10.2. The number of carbonyl (C=O) groups is 3. The van der Waals surface area contributed by atoms with Crippen LogP contribution >= 0.6 is 12.2 Å².